The van der Waals surface area contributed by atoms with Crippen LogP contribution in [0.5, 0.6) is 0 Å². The number of pyridine rings is 1. The Kier molecular flexibility index (Phi) is 5.35. The Bertz CT molecular complexity index is 977. The smallest absolute Gasteiger partial charge is 0.366 e. The van der Waals surface area contributed by atoms with E-state index >= 15 is 0 Å². The molecule has 0 amide bonds. The van der Waals surface area contributed by atoms with Crippen molar-refractivity contribution < 1.29 is 22.0 Å². The van der Waals surface area contributed by atoms with Crippen LogP contribution in [0.1, 0.15) is 23.7 Å². The van der Waals surface area contributed by atoms with Gasteiger partial charge in [0.25, 0.3) is 0 Å². The minimum Gasteiger partial charge on any atom is -0.366 e. The fourth-order valence-electron chi connectivity index (χ4n) is 2.73. The van der Waals surface area contributed by atoms with Crippen LogP contribution in [0.4, 0.5) is 27.8 Å². The lowest BCUT2D eigenvalue weighted by Gasteiger charge is -2.10. The molecule has 0 atom stereocenters. The number of hydrogen-bond acceptors (Lipinski definition) is 3. The van der Waals surface area contributed by atoms with Gasteiger partial charge in [0.2, 0.25) is 0 Å². The Morgan fingerprint density at radius 1 is 1.11 bits per heavy atom. The monoisotopic (exact) mass is 396 g/mol. The number of nitrogens with zero attached hydrogens (tertiary/aromatic N) is 3. The Labute approximate surface area is 158 Å². The van der Waals surface area contributed by atoms with E-state index in [1.54, 1.807) is 13.0 Å². The van der Waals surface area contributed by atoms with Crippen LogP contribution >= 0.6 is 0 Å². The molecule has 0 unspecified atom stereocenters. The minimum absolute atomic E-state index is 0.107. The molecule has 3 rings (SSSR count). The molecule has 0 radical (unpaired) electrons. The number of rotatable bonds is 5. The zero-order valence-electron chi connectivity index (χ0n) is 15.1. The first-order valence-electron chi connectivity index (χ1n) is 8.49. The molecular weight excluding hydrogens is 379 g/mol. The van der Waals surface area contributed by atoms with Crippen molar-refractivity contribution in [3.05, 3.63) is 65.0 Å². The normalized spacial score (nSPS) is 11.7. The van der Waals surface area contributed by atoms with Crippen molar-refractivity contribution >= 4 is 5.82 Å². The molecule has 1 aromatic carbocycles. The van der Waals surface area contributed by atoms with Gasteiger partial charge in [0.05, 0.1) is 5.69 Å². The largest absolute Gasteiger partial charge is 0.435 e. The highest BCUT2D eigenvalue weighted by atomic mass is 19.4. The second kappa shape index (κ2) is 7.57. The minimum atomic E-state index is -4.54. The summed E-state index contributed by atoms with van der Waals surface area (Å²) in [5.41, 5.74) is -0.0236. The van der Waals surface area contributed by atoms with Crippen molar-refractivity contribution in [1.82, 2.24) is 14.8 Å². The fraction of sp³-hybridized carbons (Fsp3) is 0.263. The molecule has 0 spiro atoms. The van der Waals surface area contributed by atoms with Gasteiger partial charge in [-0.05, 0) is 43.7 Å². The molecular formula is C19H17F5N4. The lowest BCUT2D eigenvalue weighted by Crippen LogP contribution is -2.07. The standard InChI is InChI=1S/C19H17F5N4/c1-3-28-15(8-16(27-28)19(22,23)24)12-5-7-17(25-9-12)26-10-13-14(20)6-4-11(2)18(13)21/h4-9H,3,10H2,1-2H3,(H,25,26). The van der Waals surface area contributed by atoms with E-state index in [1.807, 2.05) is 0 Å². The van der Waals surface area contributed by atoms with Crippen LogP contribution in [0, 0.1) is 18.6 Å². The maximum Gasteiger partial charge on any atom is 0.435 e. The van der Waals surface area contributed by atoms with Crippen molar-refractivity contribution in [2.75, 3.05) is 5.32 Å². The summed E-state index contributed by atoms with van der Waals surface area (Å²) in [6, 6.07) is 6.61. The van der Waals surface area contributed by atoms with Crippen LogP contribution in [0.3, 0.4) is 0 Å². The van der Waals surface area contributed by atoms with Gasteiger partial charge in [0, 0.05) is 30.4 Å². The SMILES string of the molecule is CCn1nc(C(F)(F)F)cc1-c1ccc(NCc2c(F)ccc(C)c2F)nc1. The van der Waals surface area contributed by atoms with E-state index in [0.717, 1.165) is 6.07 Å². The molecule has 0 fully saturated rings. The zero-order valence-corrected chi connectivity index (χ0v) is 15.1. The van der Waals surface area contributed by atoms with E-state index < -0.39 is 23.5 Å². The number of aromatic nitrogens is 3. The number of nitrogens with one attached hydrogen (secondary N) is 1. The first kappa shape index (κ1) is 19.8. The summed E-state index contributed by atoms with van der Waals surface area (Å²) in [5.74, 6) is -0.961. The molecule has 2 aromatic heterocycles. The molecule has 2 heterocycles. The van der Waals surface area contributed by atoms with E-state index in [1.165, 1.54) is 36.0 Å². The van der Waals surface area contributed by atoms with Crippen LogP contribution in [-0.2, 0) is 19.3 Å². The van der Waals surface area contributed by atoms with Gasteiger partial charge in [-0.2, -0.15) is 18.3 Å². The lowest BCUT2D eigenvalue weighted by atomic mass is 10.1. The molecule has 148 valence electrons. The van der Waals surface area contributed by atoms with Crippen LogP contribution in [0.25, 0.3) is 11.3 Å². The molecule has 4 nitrogen and oxygen atoms in total. The Morgan fingerprint density at radius 2 is 1.86 bits per heavy atom. The first-order chi connectivity index (χ1) is 13.2. The van der Waals surface area contributed by atoms with Crippen LogP contribution in [0.2, 0.25) is 0 Å². The van der Waals surface area contributed by atoms with E-state index in [4.69, 9.17) is 0 Å². The summed E-state index contributed by atoms with van der Waals surface area (Å²) in [6.07, 6.45) is -3.15. The third-order valence-corrected chi connectivity index (χ3v) is 4.25. The van der Waals surface area contributed by atoms with Crippen LogP contribution in [-0.4, -0.2) is 14.8 Å². The van der Waals surface area contributed by atoms with E-state index in [-0.39, 0.29) is 24.3 Å². The van der Waals surface area contributed by atoms with Gasteiger partial charge in [0.15, 0.2) is 5.69 Å². The van der Waals surface area contributed by atoms with Gasteiger partial charge in [-0.15, -0.1) is 0 Å². The third kappa shape index (κ3) is 3.97. The molecule has 0 aliphatic heterocycles. The topological polar surface area (TPSA) is 42.7 Å². The molecule has 0 saturated heterocycles. The predicted molar refractivity (Wildman–Crippen MR) is 94.6 cm³/mol. The number of alkyl halides is 3. The van der Waals surface area contributed by atoms with Gasteiger partial charge in [0.1, 0.15) is 17.5 Å². The second-order valence-corrected chi connectivity index (χ2v) is 6.17. The van der Waals surface area contributed by atoms with Crippen molar-refractivity contribution in [3.63, 3.8) is 0 Å². The number of anilines is 1. The highest BCUT2D eigenvalue weighted by Gasteiger charge is 2.35. The Balaban J connectivity index is 1.80. The highest BCUT2D eigenvalue weighted by molar-refractivity contribution is 5.61. The van der Waals surface area contributed by atoms with Crippen molar-refractivity contribution in [2.24, 2.45) is 0 Å². The number of halogens is 5. The quantitative estimate of drug-likeness (QED) is 0.604. The van der Waals surface area contributed by atoms with Gasteiger partial charge in [-0.1, -0.05) is 6.07 Å². The molecule has 1 N–H and O–H groups in total. The first-order valence-corrected chi connectivity index (χ1v) is 8.49. The molecule has 3 aromatic rings. The van der Waals surface area contributed by atoms with Crippen molar-refractivity contribution in [2.45, 2.75) is 33.1 Å². The predicted octanol–water partition coefficient (Wildman–Crippen LogP) is 5.18. The van der Waals surface area contributed by atoms with Gasteiger partial charge in [-0.25, -0.2) is 13.8 Å². The summed E-state index contributed by atoms with van der Waals surface area (Å²) in [4.78, 5) is 4.12. The summed E-state index contributed by atoms with van der Waals surface area (Å²) < 4.78 is 67.7. The molecule has 28 heavy (non-hydrogen) atoms. The average Bonchev–Trinajstić information content (AvgIpc) is 3.10. The molecule has 0 saturated carbocycles. The Hall–Kier alpha value is -2.97. The Morgan fingerprint density at radius 3 is 2.46 bits per heavy atom. The summed E-state index contributed by atoms with van der Waals surface area (Å²) in [6.45, 7) is 3.37. The van der Waals surface area contributed by atoms with E-state index in [9.17, 15) is 22.0 Å². The third-order valence-electron chi connectivity index (χ3n) is 4.25. The molecule has 0 aliphatic carbocycles. The number of hydrogen-bond donors (Lipinski definition) is 1. The molecule has 9 heteroatoms. The number of benzene rings is 1. The van der Waals surface area contributed by atoms with Gasteiger partial charge < -0.3 is 5.32 Å². The molecule has 0 aliphatic rings. The maximum atomic E-state index is 14.0. The summed E-state index contributed by atoms with van der Waals surface area (Å²) in [7, 11) is 0. The fourth-order valence-corrected chi connectivity index (χ4v) is 2.73. The van der Waals surface area contributed by atoms with E-state index in [2.05, 4.69) is 15.4 Å². The summed E-state index contributed by atoms with van der Waals surface area (Å²) in [5, 5.41) is 6.38. The molecule has 0 bridgehead atoms. The van der Waals surface area contributed by atoms with Crippen molar-refractivity contribution in [3.8, 4) is 11.3 Å². The maximum absolute atomic E-state index is 14.0. The second-order valence-electron chi connectivity index (χ2n) is 6.17. The highest BCUT2D eigenvalue weighted by Crippen LogP contribution is 2.31. The summed E-state index contributed by atoms with van der Waals surface area (Å²) >= 11 is 0. The van der Waals surface area contributed by atoms with Crippen LogP contribution < -0.4 is 5.32 Å². The van der Waals surface area contributed by atoms with Gasteiger partial charge in [-0.3, -0.25) is 4.68 Å². The lowest BCUT2D eigenvalue weighted by molar-refractivity contribution is -0.141. The average molecular weight is 396 g/mol. The van der Waals surface area contributed by atoms with Gasteiger partial charge >= 0.3 is 6.18 Å². The zero-order chi connectivity index (χ0) is 20.5. The van der Waals surface area contributed by atoms with Crippen molar-refractivity contribution in [1.29, 1.82) is 0 Å². The van der Waals surface area contributed by atoms with E-state index in [0.29, 0.717) is 16.9 Å². The van der Waals surface area contributed by atoms with Crippen LogP contribution in [0.15, 0.2) is 36.5 Å². The number of aryl methyl sites for hydroxylation is 2.